The number of ether oxygens (including phenoxy) is 2. The number of hydrogen-bond acceptors (Lipinski definition) is 6. The van der Waals surface area contributed by atoms with Crippen LogP contribution in [0.1, 0.15) is 33.3 Å². The fraction of sp³-hybridized carbons (Fsp3) is 0.421. The Morgan fingerprint density at radius 3 is 2.30 bits per heavy atom. The standard InChI is InChI=1S/C19H25BClNO5/c1-18(2,23)19(3,4)27-20(24)14-10-16(21)22-17(11-14)26-12-13-6-8-15(25-5)9-7-13/h6-11,23-24H,12H2,1-5H3. The van der Waals surface area contributed by atoms with E-state index in [2.05, 4.69) is 4.98 Å². The molecule has 2 N–H and O–H groups in total. The third-order valence-corrected chi connectivity index (χ3v) is 4.70. The van der Waals surface area contributed by atoms with Crippen molar-refractivity contribution in [3.05, 3.63) is 47.1 Å². The first-order valence-electron chi connectivity index (χ1n) is 8.53. The Morgan fingerprint density at radius 1 is 1.11 bits per heavy atom. The summed E-state index contributed by atoms with van der Waals surface area (Å²) in [5.74, 6) is 1.02. The minimum absolute atomic E-state index is 0.168. The molecule has 2 aromatic rings. The summed E-state index contributed by atoms with van der Waals surface area (Å²) in [5.41, 5.74) is -0.832. The van der Waals surface area contributed by atoms with Gasteiger partial charge in [-0.05, 0) is 56.9 Å². The Bertz CT molecular complexity index is 762. The van der Waals surface area contributed by atoms with E-state index < -0.39 is 18.3 Å². The molecule has 0 bridgehead atoms. The summed E-state index contributed by atoms with van der Waals surface area (Å²) in [6.07, 6.45) is 0. The highest BCUT2D eigenvalue weighted by Crippen LogP contribution is 2.25. The van der Waals surface area contributed by atoms with Gasteiger partial charge in [-0.15, -0.1) is 0 Å². The van der Waals surface area contributed by atoms with Crippen LogP contribution in [-0.2, 0) is 11.3 Å². The van der Waals surface area contributed by atoms with Crippen molar-refractivity contribution in [1.29, 1.82) is 0 Å². The van der Waals surface area contributed by atoms with E-state index >= 15 is 0 Å². The van der Waals surface area contributed by atoms with Gasteiger partial charge in [-0.1, -0.05) is 23.7 Å². The lowest BCUT2D eigenvalue weighted by Gasteiger charge is -2.38. The topological polar surface area (TPSA) is 81.0 Å². The number of benzene rings is 1. The third-order valence-electron chi connectivity index (χ3n) is 4.50. The van der Waals surface area contributed by atoms with Crippen LogP contribution in [0.4, 0.5) is 0 Å². The van der Waals surface area contributed by atoms with E-state index in [9.17, 15) is 10.1 Å². The molecule has 0 amide bonds. The number of hydrogen-bond donors (Lipinski definition) is 2. The quantitative estimate of drug-likeness (QED) is 0.530. The summed E-state index contributed by atoms with van der Waals surface area (Å²) in [5, 5.41) is 20.8. The van der Waals surface area contributed by atoms with Crippen LogP contribution < -0.4 is 14.9 Å². The molecule has 0 unspecified atom stereocenters. The van der Waals surface area contributed by atoms with Gasteiger partial charge in [0.25, 0.3) is 0 Å². The smallest absolute Gasteiger partial charge is 0.491 e. The van der Waals surface area contributed by atoms with E-state index in [0.717, 1.165) is 11.3 Å². The first-order chi connectivity index (χ1) is 12.5. The Balaban J connectivity index is 2.10. The summed E-state index contributed by atoms with van der Waals surface area (Å²) in [7, 11) is 0.311. The zero-order valence-corrected chi connectivity index (χ0v) is 16.9. The molecule has 27 heavy (non-hydrogen) atoms. The molecule has 0 saturated heterocycles. The second-order valence-electron chi connectivity index (χ2n) is 7.24. The predicted octanol–water partition coefficient (Wildman–Crippen LogP) is 2.58. The molecule has 1 aromatic heterocycles. The first-order valence-corrected chi connectivity index (χ1v) is 8.91. The number of halogens is 1. The van der Waals surface area contributed by atoms with Crippen LogP contribution in [0.15, 0.2) is 36.4 Å². The van der Waals surface area contributed by atoms with Gasteiger partial charge in [-0.25, -0.2) is 4.98 Å². The van der Waals surface area contributed by atoms with E-state index in [1.807, 2.05) is 24.3 Å². The lowest BCUT2D eigenvalue weighted by Crippen LogP contribution is -2.53. The zero-order valence-electron chi connectivity index (χ0n) is 16.2. The molecule has 0 radical (unpaired) electrons. The second kappa shape index (κ2) is 8.48. The van der Waals surface area contributed by atoms with Crippen molar-refractivity contribution in [1.82, 2.24) is 4.98 Å². The van der Waals surface area contributed by atoms with E-state index in [0.29, 0.717) is 5.46 Å². The van der Waals surface area contributed by atoms with Crippen molar-refractivity contribution >= 4 is 24.2 Å². The van der Waals surface area contributed by atoms with E-state index in [1.54, 1.807) is 40.9 Å². The minimum Gasteiger partial charge on any atom is -0.497 e. The summed E-state index contributed by atoms with van der Waals surface area (Å²) >= 11 is 6.05. The van der Waals surface area contributed by atoms with E-state index in [4.69, 9.17) is 25.7 Å². The number of pyridine rings is 1. The molecule has 8 heteroatoms. The van der Waals surface area contributed by atoms with Crippen molar-refractivity contribution in [2.24, 2.45) is 0 Å². The highest BCUT2D eigenvalue weighted by molar-refractivity contribution is 6.60. The average Bonchev–Trinajstić information content (AvgIpc) is 2.58. The van der Waals surface area contributed by atoms with Crippen LogP contribution >= 0.6 is 11.6 Å². The van der Waals surface area contributed by atoms with Crippen molar-refractivity contribution in [2.45, 2.75) is 45.5 Å². The van der Waals surface area contributed by atoms with Gasteiger partial charge in [0.15, 0.2) is 0 Å². The summed E-state index contributed by atoms with van der Waals surface area (Å²) in [4.78, 5) is 4.11. The highest BCUT2D eigenvalue weighted by Gasteiger charge is 2.39. The molecule has 0 saturated carbocycles. The Labute approximate surface area is 165 Å². The van der Waals surface area contributed by atoms with Crippen molar-refractivity contribution < 1.29 is 24.3 Å². The van der Waals surface area contributed by atoms with Crippen LogP contribution in [0.2, 0.25) is 5.15 Å². The largest absolute Gasteiger partial charge is 0.497 e. The lowest BCUT2D eigenvalue weighted by atomic mass is 9.77. The molecule has 0 spiro atoms. The first kappa shape index (κ1) is 21.5. The van der Waals surface area contributed by atoms with Crippen molar-refractivity contribution in [2.75, 3.05) is 7.11 Å². The molecule has 6 nitrogen and oxygen atoms in total. The third kappa shape index (κ3) is 5.84. The van der Waals surface area contributed by atoms with Gasteiger partial charge in [-0.3, -0.25) is 0 Å². The average molecular weight is 394 g/mol. The molecule has 1 heterocycles. The molecule has 0 aliphatic heterocycles. The van der Waals surface area contributed by atoms with Crippen molar-refractivity contribution in [3.63, 3.8) is 0 Å². The van der Waals surface area contributed by atoms with E-state index in [1.165, 1.54) is 6.07 Å². The van der Waals surface area contributed by atoms with Gasteiger partial charge in [-0.2, -0.15) is 0 Å². The Hall–Kier alpha value is -1.80. The van der Waals surface area contributed by atoms with E-state index in [-0.39, 0.29) is 17.6 Å². The molecule has 0 atom stereocenters. The summed E-state index contributed by atoms with van der Waals surface area (Å²) < 4.78 is 16.4. The lowest BCUT2D eigenvalue weighted by molar-refractivity contribution is -0.0982. The number of methoxy groups -OCH3 is 1. The number of aromatic nitrogens is 1. The SMILES string of the molecule is COc1ccc(COc2cc(B(O)OC(C)(C)C(C)(C)O)cc(Cl)n2)cc1. The molecule has 0 aliphatic rings. The van der Waals surface area contributed by atoms with Gasteiger partial charge in [0.05, 0.1) is 18.3 Å². The predicted molar refractivity (Wildman–Crippen MR) is 106 cm³/mol. The minimum atomic E-state index is -1.30. The fourth-order valence-corrected chi connectivity index (χ4v) is 2.29. The van der Waals surface area contributed by atoms with Gasteiger partial charge in [0, 0.05) is 6.07 Å². The normalized spacial score (nSPS) is 12.0. The number of aliphatic hydroxyl groups is 1. The molecule has 146 valence electrons. The molecule has 0 fully saturated rings. The van der Waals surface area contributed by atoms with Crippen LogP contribution in [0.3, 0.4) is 0 Å². The van der Waals surface area contributed by atoms with Crippen LogP contribution in [-0.4, -0.2) is 40.5 Å². The summed E-state index contributed by atoms with van der Waals surface area (Å²) in [6.45, 7) is 6.90. The highest BCUT2D eigenvalue weighted by atomic mass is 35.5. The second-order valence-corrected chi connectivity index (χ2v) is 7.62. The molecule has 2 rings (SSSR count). The maximum atomic E-state index is 10.4. The van der Waals surface area contributed by atoms with Crippen LogP contribution in [0.5, 0.6) is 11.6 Å². The Morgan fingerprint density at radius 2 is 1.74 bits per heavy atom. The molecular formula is C19H25BClNO5. The van der Waals surface area contributed by atoms with Crippen LogP contribution in [0.25, 0.3) is 0 Å². The molecule has 1 aromatic carbocycles. The number of rotatable bonds is 8. The van der Waals surface area contributed by atoms with Gasteiger partial charge in [0.1, 0.15) is 17.5 Å². The molecule has 0 aliphatic carbocycles. The van der Waals surface area contributed by atoms with Gasteiger partial charge >= 0.3 is 7.12 Å². The monoisotopic (exact) mass is 393 g/mol. The maximum Gasteiger partial charge on any atom is 0.491 e. The van der Waals surface area contributed by atoms with Gasteiger partial charge in [0.2, 0.25) is 5.88 Å². The van der Waals surface area contributed by atoms with Crippen molar-refractivity contribution in [3.8, 4) is 11.6 Å². The fourth-order valence-electron chi connectivity index (χ4n) is 2.08. The maximum absolute atomic E-state index is 10.4. The Kier molecular flexibility index (Phi) is 6.75. The number of nitrogens with zero attached hydrogens (tertiary/aromatic N) is 1. The molecular weight excluding hydrogens is 368 g/mol. The summed E-state index contributed by atoms with van der Waals surface area (Å²) in [6, 6.07) is 10.5. The van der Waals surface area contributed by atoms with Gasteiger partial charge < -0.3 is 24.3 Å². The zero-order chi connectivity index (χ0) is 20.2. The van der Waals surface area contributed by atoms with Crippen LogP contribution in [0, 0.1) is 0 Å².